The van der Waals surface area contributed by atoms with E-state index in [1.165, 1.54) is 0 Å². The predicted octanol–water partition coefficient (Wildman–Crippen LogP) is 2.08. The van der Waals surface area contributed by atoms with Crippen LogP contribution in [0.25, 0.3) is 0 Å². The van der Waals surface area contributed by atoms with Crippen molar-refractivity contribution in [3.05, 3.63) is 47.9 Å². The fourth-order valence-electron chi connectivity index (χ4n) is 2.97. The van der Waals surface area contributed by atoms with Crippen LogP contribution in [0.2, 0.25) is 0 Å². The molecule has 0 saturated carbocycles. The molecule has 0 bridgehead atoms. The van der Waals surface area contributed by atoms with Gasteiger partial charge in [0, 0.05) is 37.9 Å². The third kappa shape index (κ3) is 4.26. The minimum absolute atomic E-state index is 0.0319. The standard InChI is InChI=1S/C19H24N4O2/c1-3-16-6-4-5-7-17(16)25-13-19(24)23-10-8-22(9-11-23)18-12-15(2)20-14-21-18/h4-7,12,14H,3,8-11,13H2,1-2H3. The first-order chi connectivity index (χ1) is 12.2. The monoisotopic (exact) mass is 340 g/mol. The summed E-state index contributed by atoms with van der Waals surface area (Å²) >= 11 is 0. The largest absolute Gasteiger partial charge is 0.483 e. The molecule has 25 heavy (non-hydrogen) atoms. The lowest BCUT2D eigenvalue weighted by molar-refractivity contribution is -0.133. The number of aromatic nitrogens is 2. The van der Waals surface area contributed by atoms with Crippen LogP contribution in [0, 0.1) is 6.92 Å². The van der Waals surface area contributed by atoms with E-state index in [0.29, 0.717) is 13.1 Å². The summed E-state index contributed by atoms with van der Waals surface area (Å²) in [5, 5.41) is 0. The smallest absolute Gasteiger partial charge is 0.260 e. The molecule has 0 atom stereocenters. The van der Waals surface area contributed by atoms with Gasteiger partial charge in [0.2, 0.25) is 0 Å². The Morgan fingerprint density at radius 1 is 1.16 bits per heavy atom. The molecule has 1 saturated heterocycles. The second-order valence-corrected chi connectivity index (χ2v) is 6.14. The number of carbonyl (C=O) groups is 1. The van der Waals surface area contributed by atoms with Gasteiger partial charge in [0.05, 0.1) is 0 Å². The van der Waals surface area contributed by atoms with Crippen molar-refractivity contribution >= 4 is 11.7 Å². The maximum absolute atomic E-state index is 12.4. The molecule has 0 unspecified atom stereocenters. The van der Waals surface area contributed by atoms with E-state index >= 15 is 0 Å². The van der Waals surface area contributed by atoms with E-state index in [2.05, 4.69) is 21.8 Å². The molecule has 0 N–H and O–H groups in total. The zero-order chi connectivity index (χ0) is 17.6. The zero-order valence-electron chi connectivity index (χ0n) is 14.8. The number of piperazine rings is 1. The van der Waals surface area contributed by atoms with Gasteiger partial charge in [-0.3, -0.25) is 4.79 Å². The van der Waals surface area contributed by atoms with Crippen molar-refractivity contribution < 1.29 is 9.53 Å². The number of para-hydroxylation sites is 1. The van der Waals surface area contributed by atoms with Gasteiger partial charge in [-0.05, 0) is 25.0 Å². The molecule has 1 fully saturated rings. The lowest BCUT2D eigenvalue weighted by Gasteiger charge is -2.35. The lowest BCUT2D eigenvalue weighted by Crippen LogP contribution is -2.50. The van der Waals surface area contributed by atoms with Gasteiger partial charge >= 0.3 is 0 Å². The summed E-state index contributed by atoms with van der Waals surface area (Å²) in [6.45, 7) is 7.03. The second-order valence-electron chi connectivity index (χ2n) is 6.14. The molecule has 6 nitrogen and oxygen atoms in total. The molecular formula is C19H24N4O2. The molecule has 1 aromatic carbocycles. The van der Waals surface area contributed by atoms with Crippen LogP contribution < -0.4 is 9.64 Å². The van der Waals surface area contributed by atoms with Crippen molar-refractivity contribution in [1.82, 2.24) is 14.9 Å². The molecule has 3 rings (SSSR count). The highest BCUT2D eigenvalue weighted by atomic mass is 16.5. The first kappa shape index (κ1) is 17.2. The van der Waals surface area contributed by atoms with Crippen molar-refractivity contribution in [2.24, 2.45) is 0 Å². The number of nitrogens with zero attached hydrogens (tertiary/aromatic N) is 4. The van der Waals surface area contributed by atoms with E-state index in [1.54, 1.807) is 6.33 Å². The summed E-state index contributed by atoms with van der Waals surface area (Å²) in [6, 6.07) is 9.84. The normalized spacial score (nSPS) is 14.5. The fraction of sp³-hybridized carbons (Fsp3) is 0.421. The molecule has 1 aliphatic heterocycles. The molecule has 0 spiro atoms. The average molecular weight is 340 g/mol. The maximum atomic E-state index is 12.4. The molecule has 6 heteroatoms. The van der Waals surface area contributed by atoms with E-state index in [4.69, 9.17) is 4.74 Å². The number of rotatable bonds is 5. The fourth-order valence-corrected chi connectivity index (χ4v) is 2.97. The summed E-state index contributed by atoms with van der Waals surface area (Å²) < 4.78 is 5.74. The number of benzene rings is 1. The first-order valence-corrected chi connectivity index (χ1v) is 8.69. The quantitative estimate of drug-likeness (QED) is 0.834. The molecular weight excluding hydrogens is 316 g/mol. The third-order valence-corrected chi connectivity index (χ3v) is 4.45. The van der Waals surface area contributed by atoms with Crippen LogP contribution in [0.15, 0.2) is 36.7 Å². The minimum atomic E-state index is 0.0319. The van der Waals surface area contributed by atoms with Crippen LogP contribution in [0.4, 0.5) is 5.82 Å². The first-order valence-electron chi connectivity index (χ1n) is 8.69. The van der Waals surface area contributed by atoms with Gasteiger partial charge < -0.3 is 14.5 Å². The molecule has 1 aromatic heterocycles. The van der Waals surface area contributed by atoms with Crippen molar-refractivity contribution in [2.45, 2.75) is 20.3 Å². The summed E-state index contributed by atoms with van der Waals surface area (Å²) in [5.74, 6) is 1.76. The number of hydrogen-bond donors (Lipinski definition) is 0. The maximum Gasteiger partial charge on any atom is 0.260 e. The van der Waals surface area contributed by atoms with Crippen molar-refractivity contribution in [3.8, 4) is 5.75 Å². The predicted molar refractivity (Wildman–Crippen MR) is 96.9 cm³/mol. The lowest BCUT2D eigenvalue weighted by atomic mass is 10.1. The highest BCUT2D eigenvalue weighted by Gasteiger charge is 2.22. The van der Waals surface area contributed by atoms with Gasteiger partial charge in [0.1, 0.15) is 17.9 Å². The summed E-state index contributed by atoms with van der Waals surface area (Å²) in [7, 11) is 0. The number of ether oxygens (including phenoxy) is 1. The molecule has 0 aliphatic carbocycles. The van der Waals surface area contributed by atoms with Crippen LogP contribution in [0.1, 0.15) is 18.2 Å². The van der Waals surface area contributed by atoms with Gasteiger partial charge in [0.15, 0.2) is 6.61 Å². The van der Waals surface area contributed by atoms with Gasteiger partial charge in [-0.25, -0.2) is 9.97 Å². The Balaban J connectivity index is 1.51. The number of aryl methyl sites for hydroxylation is 2. The number of amides is 1. The minimum Gasteiger partial charge on any atom is -0.483 e. The Kier molecular flexibility index (Phi) is 5.48. The number of carbonyl (C=O) groups excluding carboxylic acids is 1. The van der Waals surface area contributed by atoms with Crippen molar-refractivity contribution in [3.63, 3.8) is 0 Å². The van der Waals surface area contributed by atoms with Crippen LogP contribution in [-0.2, 0) is 11.2 Å². The molecule has 2 heterocycles. The average Bonchev–Trinajstić information content (AvgIpc) is 2.66. The highest BCUT2D eigenvalue weighted by molar-refractivity contribution is 5.78. The van der Waals surface area contributed by atoms with Gasteiger partial charge in [-0.1, -0.05) is 25.1 Å². The van der Waals surface area contributed by atoms with Crippen LogP contribution in [0.5, 0.6) is 5.75 Å². The molecule has 0 radical (unpaired) electrons. The Morgan fingerprint density at radius 2 is 1.92 bits per heavy atom. The summed E-state index contributed by atoms with van der Waals surface area (Å²) in [6.07, 6.45) is 2.47. The number of anilines is 1. The number of hydrogen-bond acceptors (Lipinski definition) is 5. The highest BCUT2D eigenvalue weighted by Crippen LogP contribution is 2.19. The molecule has 132 valence electrons. The SMILES string of the molecule is CCc1ccccc1OCC(=O)N1CCN(c2cc(C)ncn2)CC1. The van der Waals surface area contributed by atoms with Gasteiger partial charge in [0.25, 0.3) is 5.91 Å². The third-order valence-electron chi connectivity index (χ3n) is 4.45. The summed E-state index contributed by atoms with van der Waals surface area (Å²) in [4.78, 5) is 24.9. The van der Waals surface area contributed by atoms with E-state index in [1.807, 2.05) is 42.2 Å². The van der Waals surface area contributed by atoms with Crippen LogP contribution in [0.3, 0.4) is 0 Å². The van der Waals surface area contributed by atoms with Gasteiger partial charge in [-0.2, -0.15) is 0 Å². The second kappa shape index (κ2) is 7.96. The molecule has 2 aromatic rings. The topological polar surface area (TPSA) is 58.6 Å². The van der Waals surface area contributed by atoms with Crippen LogP contribution in [-0.4, -0.2) is 53.6 Å². The zero-order valence-corrected chi connectivity index (χ0v) is 14.8. The van der Waals surface area contributed by atoms with E-state index in [-0.39, 0.29) is 12.5 Å². The van der Waals surface area contributed by atoms with Crippen molar-refractivity contribution in [2.75, 3.05) is 37.7 Å². The summed E-state index contributed by atoms with van der Waals surface area (Å²) in [5.41, 5.74) is 2.07. The van der Waals surface area contributed by atoms with E-state index < -0.39 is 0 Å². The molecule has 1 amide bonds. The van der Waals surface area contributed by atoms with E-state index in [9.17, 15) is 4.79 Å². The Hall–Kier alpha value is -2.63. The Bertz CT molecular complexity index is 727. The Morgan fingerprint density at radius 3 is 2.64 bits per heavy atom. The van der Waals surface area contributed by atoms with Crippen molar-refractivity contribution in [1.29, 1.82) is 0 Å². The van der Waals surface area contributed by atoms with Crippen LogP contribution >= 0.6 is 0 Å². The molecule has 1 aliphatic rings. The Labute approximate surface area is 148 Å². The van der Waals surface area contributed by atoms with E-state index in [0.717, 1.165) is 42.3 Å². The van der Waals surface area contributed by atoms with Gasteiger partial charge in [-0.15, -0.1) is 0 Å².